The van der Waals surface area contributed by atoms with Crippen molar-refractivity contribution in [2.24, 2.45) is 11.8 Å². The molecule has 134 valence electrons. The molecule has 2 rings (SSSR count). The van der Waals surface area contributed by atoms with E-state index in [0.717, 1.165) is 50.2 Å². The molecule has 1 aromatic carbocycles. The van der Waals surface area contributed by atoms with Crippen molar-refractivity contribution in [1.82, 2.24) is 10.2 Å². The Labute approximate surface area is 141 Å². The van der Waals surface area contributed by atoms with Gasteiger partial charge in [-0.2, -0.15) is 13.2 Å². The first-order valence-corrected chi connectivity index (χ1v) is 8.40. The molecule has 3 nitrogen and oxygen atoms in total. The number of piperidine rings is 1. The highest BCUT2D eigenvalue weighted by Gasteiger charge is 2.30. The standard InChI is InChI=1S/C18H25F3N2O/c1-13(11-14-3-5-16(6-4-14)18(19,20)21)17(24)23-9-7-15(8-10-23)12-22-2/h3-6,13,15,22H,7-12H2,1-2H3. The number of nitrogens with zero attached hydrogens (tertiary/aromatic N) is 1. The third-order valence-electron chi connectivity index (χ3n) is 4.66. The average molecular weight is 342 g/mol. The molecule has 0 radical (unpaired) electrons. The van der Waals surface area contributed by atoms with Crippen LogP contribution in [0.5, 0.6) is 0 Å². The van der Waals surface area contributed by atoms with Crippen LogP contribution in [0, 0.1) is 11.8 Å². The van der Waals surface area contributed by atoms with Crippen LogP contribution in [0.2, 0.25) is 0 Å². The SMILES string of the molecule is CNCC1CCN(C(=O)C(C)Cc2ccc(C(F)(F)F)cc2)CC1. The van der Waals surface area contributed by atoms with Crippen LogP contribution in [0.25, 0.3) is 0 Å². The number of carbonyl (C=O) groups excluding carboxylic acids is 1. The van der Waals surface area contributed by atoms with Gasteiger partial charge in [-0.1, -0.05) is 19.1 Å². The average Bonchev–Trinajstić information content (AvgIpc) is 2.55. The van der Waals surface area contributed by atoms with Gasteiger partial charge < -0.3 is 10.2 Å². The predicted octanol–water partition coefficient (Wildman–Crippen LogP) is 3.34. The summed E-state index contributed by atoms with van der Waals surface area (Å²) in [6.07, 6.45) is -1.86. The van der Waals surface area contributed by atoms with Gasteiger partial charge in [0.15, 0.2) is 0 Å². The molecule has 1 amide bonds. The van der Waals surface area contributed by atoms with Crippen LogP contribution >= 0.6 is 0 Å². The van der Waals surface area contributed by atoms with Gasteiger partial charge in [0.1, 0.15) is 0 Å². The van der Waals surface area contributed by atoms with Crippen molar-refractivity contribution in [2.75, 3.05) is 26.7 Å². The molecule has 0 saturated carbocycles. The second-order valence-corrected chi connectivity index (χ2v) is 6.63. The fourth-order valence-electron chi connectivity index (χ4n) is 3.23. The Kier molecular flexibility index (Phi) is 6.27. The summed E-state index contributed by atoms with van der Waals surface area (Å²) in [5.41, 5.74) is 0.103. The van der Waals surface area contributed by atoms with Crippen molar-refractivity contribution in [1.29, 1.82) is 0 Å². The first kappa shape index (κ1) is 18.8. The monoisotopic (exact) mass is 342 g/mol. The molecule has 1 saturated heterocycles. The number of hydrogen-bond acceptors (Lipinski definition) is 2. The van der Waals surface area contributed by atoms with Crippen LogP contribution in [0.3, 0.4) is 0 Å². The Bertz CT molecular complexity index is 534. The van der Waals surface area contributed by atoms with Crippen molar-refractivity contribution in [3.63, 3.8) is 0 Å². The van der Waals surface area contributed by atoms with E-state index < -0.39 is 11.7 Å². The highest BCUT2D eigenvalue weighted by molar-refractivity contribution is 5.78. The van der Waals surface area contributed by atoms with Gasteiger partial charge in [-0.05, 0) is 56.5 Å². The molecule has 1 atom stereocenters. The molecular formula is C18H25F3N2O. The van der Waals surface area contributed by atoms with Gasteiger partial charge in [0.25, 0.3) is 0 Å². The number of likely N-dealkylation sites (tertiary alicyclic amines) is 1. The summed E-state index contributed by atoms with van der Waals surface area (Å²) < 4.78 is 37.7. The molecule has 1 unspecified atom stereocenters. The summed E-state index contributed by atoms with van der Waals surface area (Å²) >= 11 is 0. The van der Waals surface area contributed by atoms with Crippen molar-refractivity contribution < 1.29 is 18.0 Å². The van der Waals surface area contributed by atoms with Gasteiger partial charge in [0.2, 0.25) is 5.91 Å². The second-order valence-electron chi connectivity index (χ2n) is 6.63. The zero-order valence-corrected chi connectivity index (χ0v) is 14.2. The normalized spacial score (nSPS) is 17.8. The maximum atomic E-state index is 12.6. The number of nitrogens with one attached hydrogen (secondary N) is 1. The lowest BCUT2D eigenvalue weighted by molar-refractivity contribution is -0.138. The molecule has 0 spiro atoms. The first-order valence-electron chi connectivity index (χ1n) is 8.40. The fraction of sp³-hybridized carbons (Fsp3) is 0.611. The van der Waals surface area contributed by atoms with Crippen molar-refractivity contribution in [3.8, 4) is 0 Å². The maximum absolute atomic E-state index is 12.6. The van der Waals surface area contributed by atoms with E-state index in [1.807, 2.05) is 18.9 Å². The van der Waals surface area contributed by atoms with Gasteiger partial charge in [-0.15, -0.1) is 0 Å². The third kappa shape index (κ3) is 4.97. The highest BCUT2D eigenvalue weighted by Crippen LogP contribution is 2.29. The quantitative estimate of drug-likeness (QED) is 0.890. The number of carbonyl (C=O) groups is 1. The van der Waals surface area contributed by atoms with Gasteiger partial charge in [0.05, 0.1) is 5.56 Å². The molecule has 1 N–H and O–H groups in total. The first-order chi connectivity index (χ1) is 11.3. The summed E-state index contributed by atoms with van der Waals surface area (Å²) in [5, 5.41) is 3.17. The highest BCUT2D eigenvalue weighted by atomic mass is 19.4. The molecular weight excluding hydrogens is 317 g/mol. The molecule has 1 fully saturated rings. The summed E-state index contributed by atoms with van der Waals surface area (Å²) in [6.45, 7) is 4.36. The van der Waals surface area contributed by atoms with Crippen LogP contribution < -0.4 is 5.32 Å². The zero-order chi connectivity index (χ0) is 17.7. The summed E-state index contributed by atoms with van der Waals surface area (Å²) in [4.78, 5) is 14.4. The van der Waals surface area contributed by atoms with Crippen molar-refractivity contribution in [3.05, 3.63) is 35.4 Å². The minimum Gasteiger partial charge on any atom is -0.342 e. The number of halogens is 3. The van der Waals surface area contributed by atoms with Gasteiger partial charge in [0, 0.05) is 19.0 Å². The van der Waals surface area contributed by atoms with E-state index in [4.69, 9.17) is 0 Å². The van der Waals surface area contributed by atoms with E-state index in [1.54, 1.807) is 0 Å². The van der Waals surface area contributed by atoms with E-state index in [1.165, 1.54) is 12.1 Å². The zero-order valence-electron chi connectivity index (χ0n) is 14.2. The Morgan fingerprint density at radius 3 is 2.33 bits per heavy atom. The number of alkyl halides is 3. The molecule has 0 aromatic heterocycles. The van der Waals surface area contributed by atoms with Crippen LogP contribution in [0.4, 0.5) is 13.2 Å². The minimum absolute atomic E-state index is 0.0952. The smallest absolute Gasteiger partial charge is 0.342 e. The van der Waals surface area contributed by atoms with Crippen LogP contribution in [0.15, 0.2) is 24.3 Å². The Morgan fingerprint density at radius 2 is 1.83 bits per heavy atom. The van der Waals surface area contributed by atoms with Gasteiger partial charge in [-0.25, -0.2) is 0 Å². The topological polar surface area (TPSA) is 32.3 Å². The lowest BCUT2D eigenvalue weighted by Gasteiger charge is -2.33. The Morgan fingerprint density at radius 1 is 1.25 bits per heavy atom. The Hall–Kier alpha value is -1.56. The third-order valence-corrected chi connectivity index (χ3v) is 4.66. The summed E-state index contributed by atoms with van der Waals surface area (Å²) in [5.74, 6) is 0.490. The minimum atomic E-state index is -4.32. The largest absolute Gasteiger partial charge is 0.416 e. The summed E-state index contributed by atoms with van der Waals surface area (Å²) in [7, 11) is 1.93. The van der Waals surface area contributed by atoms with Crippen LogP contribution in [-0.2, 0) is 17.4 Å². The van der Waals surface area contributed by atoms with Crippen LogP contribution in [-0.4, -0.2) is 37.5 Å². The molecule has 1 aliphatic rings. The second kappa shape index (κ2) is 8.01. The lowest BCUT2D eigenvalue weighted by Crippen LogP contribution is -2.43. The Balaban J connectivity index is 1.88. The van der Waals surface area contributed by atoms with Crippen molar-refractivity contribution in [2.45, 2.75) is 32.4 Å². The molecule has 1 heterocycles. The molecule has 1 aliphatic heterocycles. The molecule has 24 heavy (non-hydrogen) atoms. The van der Waals surface area contributed by atoms with E-state index in [-0.39, 0.29) is 11.8 Å². The number of amides is 1. The number of hydrogen-bond donors (Lipinski definition) is 1. The van der Waals surface area contributed by atoms with Gasteiger partial charge in [-0.3, -0.25) is 4.79 Å². The number of benzene rings is 1. The molecule has 6 heteroatoms. The number of rotatable bonds is 5. The molecule has 1 aromatic rings. The van der Waals surface area contributed by atoms with E-state index in [9.17, 15) is 18.0 Å². The van der Waals surface area contributed by atoms with E-state index in [0.29, 0.717) is 12.3 Å². The summed E-state index contributed by atoms with van der Waals surface area (Å²) in [6, 6.07) is 5.09. The van der Waals surface area contributed by atoms with Gasteiger partial charge >= 0.3 is 6.18 Å². The van der Waals surface area contributed by atoms with E-state index >= 15 is 0 Å². The van der Waals surface area contributed by atoms with Crippen LogP contribution in [0.1, 0.15) is 30.9 Å². The maximum Gasteiger partial charge on any atom is 0.416 e. The van der Waals surface area contributed by atoms with Crippen molar-refractivity contribution >= 4 is 5.91 Å². The fourth-order valence-corrected chi connectivity index (χ4v) is 3.23. The molecule has 0 bridgehead atoms. The molecule has 0 aliphatic carbocycles. The van der Waals surface area contributed by atoms with E-state index in [2.05, 4.69) is 5.32 Å². The lowest BCUT2D eigenvalue weighted by atomic mass is 9.94. The predicted molar refractivity (Wildman–Crippen MR) is 87.5 cm³/mol.